The van der Waals surface area contributed by atoms with Gasteiger partial charge in [-0.15, -0.1) is 0 Å². The number of allylic oxidation sites excluding steroid dienone is 2. The van der Waals surface area contributed by atoms with Crippen LogP contribution in [0.3, 0.4) is 0 Å². The Morgan fingerprint density at radius 3 is 2.38 bits per heavy atom. The van der Waals surface area contributed by atoms with Crippen LogP contribution in [-0.4, -0.2) is 41.6 Å². The fraction of sp³-hybridized carbons (Fsp3) is 0.368. The molecular formula is C19H18FNO5. The molecule has 2 atom stereocenters. The highest BCUT2D eigenvalue weighted by atomic mass is 19.1. The summed E-state index contributed by atoms with van der Waals surface area (Å²) >= 11 is 0. The lowest BCUT2D eigenvalue weighted by molar-refractivity contribution is -0.145. The van der Waals surface area contributed by atoms with Crippen molar-refractivity contribution in [1.29, 1.82) is 0 Å². The second-order valence-electron chi connectivity index (χ2n) is 6.33. The third-order valence-electron chi connectivity index (χ3n) is 4.65. The Morgan fingerprint density at radius 1 is 1.12 bits per heavy atom. The predicted octanol–water partition coefficient (Wildman–Crippen LogP) is 1.89. The molecule has 0 spiro atoms. The molecule has 1 saturated heterocycles. The smallest absolute Gasteiger partial charge is 0.308 e. The number of benzene rings is 1. The number of hydrogen-bond donors (Lipinski definition) is 0. The summed E-state index contributed by atoms with van der Waals surface area (Å²) in [5.41, 5.74) is 0.110. The Balaban J connectivity index is 1.48. The molecule has 0 aromatic heterocycles. The maximum Gasteiger partial charge on any atom is 0.308 e. The molecule has 3 rings (SSSR count). The third kappa shape index (κ3) is 3.71. The standard InChI is InChI=1S/C19H18FNO5/c20-13-5-3-4-12(10-13)16(22)11-26-17(23)8-9-21-18(24)14-6-1-2-7-15(14)19(21)25/h1-5,10,14-15H,6-9,11H2/t14-,15-/m1/s1. The quantitative estimate of drug-likeness (QED) is 0.335. The van der Waals surface area contributed by atoms with Crippen molar-refractivity contribution in [3.05, 3.63) is 47.8 Å². The van der Waals surface area contributed by atoms with Gasteiger partial charge in [0.25, 0.3) is 0 Å². The molecule has 0 saturated carbocycles. The molecule has 0 bridgehead atoms. The first-order valence-electron chi connectivity index (χ1n) is 8.42. The van der Waals surface area contributed by atoms with Crippen LogP contribution >= 0.6 is 0 Å². The fourth-order valence-corrected chi connectivity index (χ4v) is 3.26. The number of carbonyl (C=O) groups excluding carboxylic acids is 4. The number of Topliss-reactive ketones (excluding diaryl/α,β-unsaturated/α-hetero) is 1. The highest BCUT2D eigenvalue weighted by Gasteiger charge is 2.46. The van der Waals surface area contributed by atoms with Gasteiger partial charge in [0.2, 0.25) is 11.8 Å². The number of carbonyl (C=O) groups is 4. The Hall–Kier alpha value is -2.83. The van der Waals surface area contributed by atoms with Crippen LogP contribution in [0.1, 0.15) is 29.6 Å². The van der Waals surface area contributed by atoms with Gasteiger partial charge in [-0.3, -0.25) is 24.1 Å². The van der Waals surface area contributed by atoms with Crippen molar-refractivity contribution in [2.75, 3.05) is 13.2 Å². The molecule has 0 unspecified atom stereocenters. The molecule has 1 aromatic carbocycles. The molecule has 2 aliphatic rings. The zero-order valence-corrected chi connectivity index (χ0v) is 14.0. The van der Waals surface area contributed by atoms with Crippen LogP contribution in [0.2, 0.25) is 0 Å². The summed E-state index contributed by atoms with van der Waals surface area (Å²) in [5, 5.41) is 0. The first-order chi connectivity index (χ1) is 12.5. The number of ether oxygens (including phenoxy) is 1. The van der Waals surface area contributed by atoms with Gasteiger partial charge in [0, 0.05) is 12.1 Å². The number of hydrogen-bond acceptors (Lipinski definition) is 5. The van der Waals surface area contributed by atoms with E-state index < -0.39 is 24.2 Å². The van der Waals surface area contributed by atoms with Crippen molar-refractivity contribution in [3.63, 3.8) is 0 Å². The minimum absolute atomic E-state index is 0.0579. The number of fused-ring (bicyclic) bond motifs is 1. The summed E-state index contributed by atoms with van der Waals surface area (Å²) in [6.45, 7) is -0.572. The van der Waals surface area contributed by atoms with Gasteiger partial charge >= 0.3 is 5.97 Å². The molecule has 1 aliphatic carbocycles. The predicted molar refractivity (Wildman–Crippen MR) is 88.4 cm³/mol. The van der Waals surface area contributed by atoms with E-state index in [1.165, 1.54) is 18.2 Å². The SMILES string of the molecule is O=C(CCN1C(=O)[C@@H]2CC=CC[C@H]2C1=O)OCC(=O)c1cccc(F)c1. The van der Waals surface area contributed by atoms with E-state index in [0.29, 0.717) is 12.8 Å². The van der Waals surface area contributed by atoms with Gasteiger partial charge in [0.1, 0.15) is 5.82 Å². The lowest BCUT2D eigenvalue weighted by Crippen LogP contribution is -2.33. The van der Waals surface area contributed by atoms with E-state index >= 15 is 0 Å². The molecule has 26 heavy (non-hydrogen) atoms. The number of esters is 1. The topological polar surface area (TPSA) is 80.8 Å². The molecule has 7 heteroatoms. The van der Waals surface area contributed by atoms with Crippen molar-refractivity contribution < 1.29 is 28.3 Å². The number of likely N-dealkylation sites (tertiary alicyclic amines) is 1. The van der Waals surface area contributed by atoms with Crippen molar-refractivity contribution >= 4 is 23.6 Å². The van der Waals surface area contributed by atoms with Gasteiger partial charge < -0.3 is 4.74 Å². The van der Waals surface area contributed by atoms with Crippen LogP contribution in [0.25, 0.3) is 0 Å². The normalized spacial score (nSPS) is 21.7. The Labute approximate surface area is 149 Å². The van der Waals surface area contributed by atoms with E-state index in [1.54, 1.807) is 0 Å². The molecule has 2 amide bonds. The number of rotatable bonds is 6. The first-order valence-corrected chi connectivity index (χ1v) is 8.42. The molecule has 1 heterocycles. The highest BCUT2D eigenvalue weighted by Crippen LogP contribution is 2.34. The largest absolute Gasteiger partial charge is 0.457 e. The number of halogens is 1. The summed E-state index contributed by atoms with van der Waals surface area (Å²) in [5.74, 6) is -2.95. The molecule has 0 N–H and O–H groups in total. The van der Waals surface area contributed by atoms with E-state index in [2.05, 4.69) is 0 Å². The van der Waals surface area contributed by atoms with Crippen LogP contribution in [0.4, 0.5) is 4.39 Å². The minimum Gasteiger partial charge on any atom is -0.457 e. The van der Waals surface area contributed by atoms with E-state index in [4.69, 9.17) is 4.74 Å². The minimum atomic E-state index is -0.691. The molecule has 1 fully saturated rings. The number of imide groups is 1. The molecule has 1 aliphatic heterocycles. The van der Waals surface area contributed by atoms with E-state index in [9.17, 15) is 23.6 Å². The Morgan fingerprint density at radius 2 is 1.77 bits per heavy atom. The van der Waals surface area contributed by atoms with Crippen LogP contribution in [-0.2, 0) is 19.1 Å². The molecule has 0 radical (unpaired) electrons. The fourth-order valence-electron chi connectivity index (χ4n) is 3.26. The van der Waals surface area contributed by atoms with Crippen molar-refractivity contribution in [1.82, 2.24) is 4.90 Å². The van der Waals surface area contributed by atoms with E-state index in [-0.39, 0.29) is 42.2 Å². The van der Waals surface area contributed by atoms with E-state index in [0.717, 1.165) is 11.0 Å². The first kappa shape index (κ1) is 18.0. The summed E-state index contributed by atoms with van der Waals surface area (Å²) in [6.07, 6.45) is 4.68. The zero-order valence-electron chi connectivity index (χ0n) is 14.0. The maximum atomic E-state index is 13.1. The van der Waals surface area contributed by atoms with Gasteiger partial charge in [-0.25, -0.2) is 4.39 Å². The van der Waals surface area contributed by atoms with Gasteiger partial charge in [0.05, 0.1) is 18.3 Å². The maximum absolute atomic E-state index is 13.1. The summed E-state index contributed by atoms with van der Waals surface area (Å²) in [4.78, 5) is 49.3. The van der Waals surface area contributed by atoms with Crippen molar-refractivity contribution in [2.45, 2.75) is 19.3 Å². The Bertz CT molecular complexity index is 762. The molecule has 6 nitrogen and oxygen atoms in total. The Kier molecular flexibility index (Phi) is 5.25. The van der Waals surface area contributed by atoms with Crippen LogP contribution in [0.5, 0.6) is 0 Å². The van der Waals surface area contributed by atoms with E-state index in [1.807, 2.05) is 12.2 Å². The van der Waals surface area contributed by atoms with Gasteiger partial charge in [-0.05, 0) is 25.0 Å². The molecular weight excluding hydrogens is 341 g/mol. The number of ketones is 1. The zero-order chi connectivity index (χ0) is 18.7. The second-order valence-corrected chi connectivity index (χ2v) is 6.33. The van der Waals surface area contributed by atoms with Crippen molar-refractivity contribution in [2.24, 2.45) is 11.8 Å². The van der Waals surface area contributed by atoms with Gasteiger partial charge in [0.15, 0.2) is 12.4 Å². The van der Waals surface area contributed by atoms with Crippen LogP contribution in [0, 0.1) is 17.7 Å². The molecule has 1 aromatic rings. The van der Waals surface area contributed by atoms with Crippen LogP contribution in [0.15, 0.2) is 36.4 Å². The number of amides is 2. The lowest BCUT2D eigenvalue weighted by Gasteiger charge is -2.14. The lowest BCUT2D eigenvalue weighted by atomic mass is 9.85. The third-order valence-corrected chi connectivity index (χ3v) is 4.65. The number of nitrogens with zero attached hydrogens (tertiary/aromatic N) is 1. The monoisotopic (exact) mass is 359 g/mol. The van der Waals surface area contributed by atoms with Crippen LogP contribution < -0.4 is 0 Å². The summed E-state index contributed by atoms with van der Waals surface area (Å²) in [7, 11) is 0. The van der Waals surface area contributed by atoms with Gasteiger partial charge in [-0.2, -0.15) is 0 Å². The molecule has 136 valence electrons. The van der Waals surface area contributed by atoms with Gasteiger partial charge in [-0.1, -0.05) is 24.3 Å². The summed E-state index contributed by atoms with van der Waals surface area (Å²) < 4.78 is 18.0. The average Bonchev–Trinajstić information content (AvgIpc) is 2.89. The summed E-state index contributed by atoms with van der Waals surface area (Å²) in [6, 6.07) is 5.09. The average molecular weight is 359 g/mol. The van der Waals surface area contributed by atoms with Crippen molar-refractivity contribution in [3.8, 4) is 0 Å². The second kappa shape index (κ2) is 7.59. The highest BCUT2D eigenvalue weighted by molar-refractivity contribution is 6.05.